The largest absolute Gasteiger partial charge is 0.416 e. The Morgan fingerprint density at radius 3 is 2.12 bits per heavy atom. The molecule has 1 nitrogen and oxygen atoms in total. The van der Waals surface area contributed by atoms with E-state index in [0.29, 0.717) is 18.4 Å². The molecule has 0 spiro atoms. The molecular formula is C12H14F3N. The molecule has 2 unspecified atom stereocenters. The third-order valence-electron chi connectivity index (χ3n) is 3.39. The van der Waals surface area contributed by atoms with Crippen molar-refractivity contribution in [3.63, 3.8) is 0 Å². The van der Waals surface area contributed by atoms with Crippen LogP contribution in [0.15, 0.2) is 24.3 Å². The van der Waals surface area contributed by atoms with Gasteiger partial charge >= 0.3 is 6.18 Å². The Hall–Kier alpha value is -1.03. The van der Waals surface area contributed by atoms with Gasteiger partial charge in [0, 0.05) is 0 Å². The Morgan fingerprint density at radius 1 is 1.12 bits per heavy atom. The molecule has 0 radical (unpaired) electrons. The van der Waals surface area contributed by atoms with Crippen LogP contribution < -0.4 is 5.73 Å². The van der Waals surface area contributed by atoms with Crippen LogP contribution in [0.3, 0.4) is 0 Å². The predicted molar refractivity (Wildman–Crippen MR) is 56.0 cm³/mol. The van der Waals surface area contributed by atoms with Gasteiger partial charge in [0.05, 0.1) is 5.56 Å². The fraction of sp³-hybridized carbons (Fsp3) is 0.500. The Morgan fingerprint density at radius 2 is 1.75 bits per heavy atom. The van der Waals surface area contributed by atoms with Crippen molar-refractivity contribution in [2.75, 3.05) is 6.54 Å². The van der Waals surface area contributed by atoms with Gasteiger partial charge < -0.3 is 5.73 Å². The zero-order chi connectivity index (χ0) is 11.8. The first-order chi connectivity index (χ1) is 7.52. The van der Waals surface area contributed by atoms with E-state index in [-0.39, 0.29) is 0 Å². The number of hydrogen-bond donors (Lipinski definition) is 1. The van der Waals surface area contributed by atoms with Crippen molar-refractivity contribution in [2.24, 2.45) is 11.7 Å². The van der Waals surface area contributed by atoms with Gasteiger partial charge in [0.25, 0.3) is 0 Å². The first-order valence-electron chi connectivity index (χ1n) is 5.39. The monoisotopic (exact) mass is 229 g/mol. The van der Waals surface area contributed by atoms with E-state index < -0.39 is 11.7 Å². The van der Waals surface area contributed by atoms with Crippen LogP contribution >= 0.6 is 0 Å². The molecule has 1 saturated carbocycles. The molecule has 2 N–H and O–H groups in total. The van der Waals surface area contributed by atoms with Crippen LogP contribution in [-0.2, 0) is 6.18 Å². The lowest BCUT2D eigenvalue weighted by Crippen LogP contribution is -2.30. The normalized spacial score (nSPS) is 25.2. The second kappa shape index (κ2) is 4.09. The maximum atomic E-state index is 12.3. The van der Waals surface area contributed by atoms with Crippen molar-refractivity contribution in [1.82, 2.24) is 0 Å². The van der Waals surface area contributed by atoms with Gasteiger partial charge in [-0.25, -0.2) is 0 Å². The maximum absolute atomic E-state index is 12.3. The van der Waals surface area contributed by atoms with E-state index in [2.05, 4.69) is 0 Å². The fourth-order valence-electron chi connectivity index (χ4n) is 2.21. The van der Waals surface area contributed by atoms with E-state index in [1.54, 1.807) is 12.1 Å². The summed E-state index contributed by atoms with van der Waals surface area (Å²) in [7, 11) is 0. The number of nitrogens with two attached hydrogens (primary N) is 1. The van der Waals surface area contributed by atoms with Crippen molar-refractivity contribution in [2.45, 2.75) is 24.9 Å². The molecule has 0 heterocycles. The van der Waals surface area contributed by atoms with Crippen LogP contribution in [-0.4, -0.2) is 6.54 Å². The molecule has 1 aliphatic rings. The lowest BCUT2D eigenvalue weighted by atomic mass is 9.70. The number of halogens is 3. The first kappa shape index (κ1) is 11.5. The molecule has 0 aliphatic heterocycles. The lowest BCUT2D eigenvalue weighted by Gasteiger charge is -2.36. The quantitative estimate of drug-likeness (QED) is 0.828. The minimum Gasteiger partial charge on any atom is -0.330 e. The van der Waals surface area contributed by atoms with Gasteiger partial charge in [-0.1, -0.05) is 12.1 Å². The smallest absolute Gasteiger partial charge is 0.330 e. The standard InChI is InChI=1S/C12H14F3N/c13-12(14,15)10-4-1-8(2-5-10)11-6-3-9(11)7-16/h1-2,4-5,9,11H,3,6-7,16H2. The number of alkyl halides is 3. The second-order valence-electron chi connectivity index (χ2n) is 4.30. The molecule has 1 aromatic carbocycles. The molecule has 1 fully saturated rings. The summed E-state index contributed by atoms with van der Waals surface area (Å²) in [6.45, 7) is 0.617. The SMILES string of the molecule is NCC1CCC1c1ccc(C(F)(F)F)cc1. The van der Waals surface area contributed by atoms with E-state index in [4.69, 9.17) is 5.73 Å². The Labute approximate surface area is 92.5 Å². The van der Waals surface area contributed by atoms with Crippen molar-refractivity contribution in [1.29, 1.82) is 0 Å². The summed E-state index contributed by atoms with van der Waals surface area (Å²) < 4.78 is 37.0. The van der Waals surface area contributed by atoms with E-state index in [1.165, 1.54) is 0 Å². The van der Waals surface area contributed by atoms with Gasteiger partial charge in [0.2, 0.25) is 0 Å². The van der Waals surface area contributed by atoms with Crippen LogP contribution in [0.25, 0.3) is 0 Å². The minimum atomic E-state index is -4.24. The highest BCUT2D eigenvalue weighted by atomic mass is 19.4. The molecule has 0 aromatic heterocycles. The van der Waals surface area contributed by atoms with Crippen LogP contribution in [0.1, 0.15) is 29.9 Å². The minimum absolute atomic E-state index is 0.354. The highest BCUT2D eigenvalue weighted by molar-refractivity contribution is 5.28. The van der Waals surface area contributed by atoms with E-state index in [1.807, 2.05) is 0 Å². The van der Waals surface area contributed by atoms with Crippen LogP contribution in [0.2, 0.25) is 0 Å². The summed E-state index contributed by atoms with van der Waals surface area (Å²) in [5.74, 6) is 0.795. The molecule has 0 amide bonds. The van der Waals surface area contributed by atoms with Gasteiger partial charge in [-0.2, -0.15) is 13.2 Å². The average Bonchev–Trinajstić information content (AvgIpc) is 2.16. The summed E-state index contributed by atoms with van der Waals surface area (Å²) in [5.41, 5.74) is 5.98. The van der Waals surface area contributed by atoms with Gasteiger partial charge in [0.15, 0.2) is 0 Å². The van der Waals surface area contributed by atoms with E-state index >= 15 is 0 Å². The topological polar surface area (TPSA) is 26.0 Å². The van der Waals surface area contributed by atoms with Crippen molar-refractivity contribution in [3.8, 4) is 0 Å². The van der Waals surface area contributed by atoms with Gasteiger partial charge in [-0.3, -0.25) is 0 Å². The fourth-order valence-corrected chi connectivity index (χ4v) is 2.21. The molecule has 88 valence electrons. The Bertz CT molecular complexity index is 354. The molecule has 1 aromatic rings. The first-order valence-corrected chi connectivity index (χ1v) is 5.39. The summed E-state index contributed by atoms with van der Waals surface area (Å²) in [6.07, 6.45) is -2.12. The van der Waals surface area contributed by atoms with Gasteiger partial charge in [-0.15, -0.1) is 0 Å². The van der Waals surface area contributed by atoms with Crippen LogP contribution in [0, 0.1) is 5.92 Å². The van der Waals surface area contributed by atoms with Crippen molar-refractivity contribution in [3.05, 3.63) is 35.4 Å². The van der Waals surface area contributed by atoms with Crippen molar-refractivity contribution < 1.29 is 13.2 Å². The van der Waals surface area contributed by atoms with E-state index in [9.17, 15) is 13.2 Å². The second-order valence-corrected chi connectivity index (χ2v) is 4.30. The zero-order valence-corrected chi connectivity index (χ0v) is 8.80. The number of benzene rings is 1. The highest BCUT2D eigenvalue weighted by Gasteiger charge is 2.33. The van der Waals surface area contributed by atoms with Crippen molar-refractivity contribution >= 4 is 0 Å². The van der Waals surface area contributed by atoms with Crippen LogP contribution in [0.5, 0.6) is 0 Å². The molecule has 16 heavy (non-hydrogen) atoms. The predicted octanol–water partition coefficient (Wildman–Crippen LogP) is 3.16. The zero-order valence-electron chi connectivity index (χ0n) is 8.80. The number of hydrogen-bond acceptors (Lipinski definition) is 1. The summed E-state index contributed by atoms with van der Waals surface area (Å²) in [5, 5.41) is 0. The third kappa shape index (κ3) is 2.07. The Kier molecular flexibility index (Phi) is 2.93. The summed E-state index contributed by atoms with van der Waals surface area (Å²) in [6, 6.07) is 5.47. The number of rotatable bonds is 2. The van der Waals surface area contributed by atoms with E-state index in [0.717, 1.165) is 30.5 Å². The molecule has 4 heteroatoms. The van der Waals surface area contributed by atoms with Gasteiger partial charge in [0.1, 0.15) is 0 Å². The summed E-state index contributed by atoms with van der Waals surface area (Å²) >= 11 is 0. The molecular weight excluding hydrogens is 215 g/mol. The summed E-state index contributed by atoms with van der Waals surface area (Å²) in [4.78, 5) is 0. The maximum Gasteiger partial charge on any atom is 0.416 e. The Balaban J connectivity index is 2.14. The molecule has 2 rings (SSSR count). The average molecular weight is 229 g/mol. The lowest BCUT2D eigenvalue weighted by molar-refractivity contribution is -0.137. The van der Waals surface area contributed by atoms with Gasteiger partial charge in [-0.05, 0) is 48.9 Å². The van der Waals surface area contributed by atoms with Crippen LogP contribution in [0.4, 0.5) is 13.2 Å². The third-order valence-corrected chi connectivity index (χ3v) is 3.39. The molecule has 1 aliphatic carbocycles. The molecule has 0 saturated heterocycles. The molecule has 0 bridgehead atoms. The highest BCUT2D eigenvalue weighted by Crippen LogP contribution is 2.42. The molecule has 2 atom stereocenters.